The maximum atomic E-state index is 11.4. The van der Waals surface area contributed by atoms with Crippen molar-refractivity contribution in [1.82, 2.24) is 15.0 Å². The summed E-state index contributed by atoms with van der Waals surface area (Å²) in [5.74, 6) is 0.0194. The van der Waals surface area contributed by atoms with E-state index in [1.165, 1.54) is 4.80 Å². The molecule has 0 atom stereocenters. The molecule has 0 saturated heterocycles. The highest BCUT2D eigenvalue weighted by molar-refractivity contribution is 5.97. The minimum Gasteiger partial charge on any atom is -0.294 e. The van der Waals surface area contributed by atoms with E-state index < -0.39 is 0 Å². The van der Waals surface area contributed by atoms with Gasteiger partial charge in [-0.2, -0.15) is 15.0 Å². The highest BCUT2D eigenvalue weighted by Gasteiger charge is 2.09. The van der Waals surface area contributed by atoms with Crippen LogP contribution in [0.15, 0.2) is 30.6 Å². The SMILES string of the molecule is CC(=O)c1cc(C)ccc1-n1nccn1. The molecule has 1 aromatic carbocycles. The van der Waals surface area contributed by atoms with Crippen molar-refractivity contribution in [2.75, 3.05) is 0 Å². The van der Waals surface area contributed by atoms with Gasteiger partial charge in [-0.15, -0.1) is 0 Å². The van der Waals surface area contributed by atoms with Crippen LogP contribution in [0.2, 0.25) is 0 Å². The topological polar surface area (TPSA) is 47.8 Å². The van der Waals surface area contributed by atoms with Gasteiger partial charge >= 0.3 is 0 Å². The van der Waals surface area contributed by atoms with Crippen LogP contribution in [-0.4, -0.2) is 20.8 Å². The summed E-state index contributed by atoms with van der Waals surface area (Å²) in [6.07, 6.45) is 3.17. The van der Waals surface area contributed by atoms with Crippen molar-refractivity contribution in [2.45, 2.75) is 13.8 Å². The Morgan fingerprint density at radius 3 is 2.53 bits per heavy atom. The molecule has 4 nitrogen and oxygen atoms in total. The van der Waals surface area contributed by atoms with Crippen LogP contribution in [0.4, 0.5) is 0 Å². The molecule has 15 heavy (non-hydrogen) atoms. The van der Waals surface area contributed by atoms with E-state index in [1.807, 2.05) is 25.1 Å². The second kappa shape index (κ2) is 3.65. The molecule has 2 aromatic rings. The molecule has 4 heteroatoms. The first-order valence-corrected chi connectivity index (χ1v) is 4.67. The fraction of sp³-hybridized carbons (Fsp3) is 0.182. The monoisotopic (exact) mass is 201 g/mol. The fourth-order valence-corrected chi connectivity index (χ4v) is 1.45. The molecule has 0 spiro atoms. The lowest BCUT2D eigenvalue weighted by Gasteiger charge is -2.06. The summed E-state index contributed by atoms with van der Waals surface area (Å²) < 4.78 is 0. The largest absolute Gasteiger partial charge is 0.294 e. The van der Waals surface area contributed by atoms with Gasteiger partial charge in [-0.3, -0.25) is 4.79 Å². The number of ketones is 1. The van der Waals surface area contributed by atoms with E-state index in [2.05, 4.69) is 10.2 Å². The van der Waals surface area contributed by atoms with E-state index in [0.717, 1.165) is 11.3 Å². The lowest BCUT2D eigenvalue weighted by Crippen LogP contribution is -2.06. The third kappa shape index (κ3) is 1.79. The number of aryl methyl sites for hydroxylation is 1. The van der Waals surface area contributed by atoms with Crippen LogP contribution in [0.1, 0.15) is 22.8 Å². The number of carbonyl (C=O) groups excluding carboxylic acids is 1. The molecule has 0 aliphatic carbocycles. The van der Waals surface area contributed by atoms with Crippen LogP contribution in [-0.2, 0) is 0 Å². The van der Waals surface area contributed by atoms with Crippen molar-refractivity contribution in [2.24, 2.45) is 0 Å². The molecule has 0 fully saturated rings. The molecule has 0 saturated carbocycles. The fourth-order valence-electron chi connectivity index (χ4n) is 1.45. The summed E-state index contributed by atoms with van der Waals surface area (Å²) in [4.78, 5) is 12.9. The second-order valence-corrected chi connectivity index (χ2v) is 3.40. The lowest BCUT2D eigenvalue weighted by molar-refractivity contribution is 0.101. The van der Waals surface area contributed by atoms with Gasteiger partial charge in [-0.05, 0) is 26.0 Å². The predicted molar refractivity (Wildman–Crippen MR) is 56.1 cm³/mol. The van der Waals surface area contributed by atoms with E-state index in [0.29, 0.717) is 5.56 Å². The summed E-state index contributed by atoms with van der Waals surface area (Å²) in [7, 11) is 0. The molecule has 0 unspecified atom stereocenters. The van der Waals surface area contributed by atoms with Crippen molar-refractivity contribution >= 4 is 5.78 Å². The molecule has 76 valence electrons. The quantitative estimate of drug-likeness (QED) is 0.696. The van der Waals surface area contributed by atoms with Crippen LogP contribution in [0, 0.1) is 6.92 Å². The Kier molecular flexibility index (Phi) is 2.33. The van der Waals surface area contributed by atoms with E-state index in [9.17, 15) is 4.79 Å². The van der Waals surface area contributed by atoms with E-state index >= 15 is 0 Å². The first kappa shape index (κ1) is 9.58. The van der Waals surface area contributed by atoms with Crippen LogP contribution >= 0.6 is 0 Å². The molecule has 0 amide bonds. The molecule has 2 rings (SSSR count). The van der Waals surface area contributed by atoms with Gasteiger partial charge in [0.05, 0.1) is 18.1 Å². The van der Waals surface area contributed by atoms with Crippen LogP contribution < -0.4 is 0 Å². The van der Waals surface area contributed by atoms with Crippen molar-refractivity contribution in [1.29, 1.82) is 0 Å². The molecule has 1 heterocycles. The minimum absolute atomic E-state index is 0.0194. The third-order valence-corrected chi connectivity index (χ3v) is 2.17. The van der Waals surface area contributed by atoms with Crippen LogP contribution in [0.5, 0.6) is 0 Å². The average molecular weight is 201 g/mol. The number of Topliss-reactive ketones (excluding diaryl/α,β-unsaturated/α-hetero) is 1. The number of rotatable bonds is 2. The number of aromatic nitrogens is 3. The number of nitrogens with zero attached hydrogens (tertiary/aromatic N) is 3. The molecule has 0 N–H and O–H groups in total. The Morgan fingerprint density at radius 2 is 1.93 bits per heavy atom. The summed E-state index contributed by atoms with van der Waals surface area (Å²) in [5, 5.41) is 8.03. The van der Waals surface area contributed by atoms with Gasteiger partial charge in [0, 0.05) is 5.56 Å². The van der Waals surface area contributed by atoms with E-state index in [4.69, 9.17) is 0 Å². The van der Waals surface area contributed by atoms with E-state index in [1.54, 1.807) is 19.3 Å². The van der Waals surface area contributed by atoms with Crippen molar-refractivity contribution < 1.29 is 4.79 Å². The first-order valence-electron chi connectivity index (χ1n) is 4.67. The van der Waals surface area contributed by atoms with Crippen LogP contribution in [0.25, 0.3) is 5.69 Å². The Labute approximate surface area is 87.5 Å². The maximum absolute atomic E-state index is 11.4. The standard InChI is InChI=1S/C11H11N3O/c1-8-3-4-11(10(7-8)9(2)15)14-12-5-6-13-14/h3-7H,1-2H3. The highest BCUT2D eigenvalue weighted by Crippen LogP contribution is 2.15. The van der Waals surface area contributed by atoms with Crippen molar-refractivity contribution in [3.05, 3.63) is 41.7 Å². The Balaban J connectivity index is 2.61. The number of carbonyl (C=O) groups is 1. The second-order valence-electron chi connectivity index (χ2n) is 3.40. The number of benzene rings is 1. The van der Waals surface area contributed by atoms with Gasteiger partial charge in [-0.25, -0.2) is 0 Å². The number of hydrogen-bond donors (Lipinski definition) is 0. The van der Waals surface area contributed by atoms with Gasteiger partial charge in [0.2, 0.25) is 0 Å². The van der Waals surface area contributed by atoms with Crippen molar-refractivity contribution in [3.8, 4) is 5.69 Å². The lowest BCUT2D eigenvalue weighted by atomic mass is 10.1. The molecule has 0 aliphatic rings. The summed E-state index contributed by atoms with van der Waals surface area (Å²) in [6, 6.07) is 5.64. The van der Waals surface area contributed by atoms with Gasteiger partial charge in [0.25, 0.3) is 0 Å². The minimum atomic E-state index is 0.0194. The first-order chi connectivity index (χ1) is 7.18. The molecular formula is C11H11N3O. The number of hydrogen-bond acceptors (Lipinski definition) is 3. The summed E-state index contributed by atoms with van der Waals surface area (Å²) in [6.45, 7) is 3.49. The van der Waals surface area contributed by atoms with E-state index in [-0.39, 0.29) is 5.78 Å². The Morgan fingerprint density at radius 1 is 1.27 bits per heavy atom. The molecule has 0 bridgehead atoms. The predicted octanol–water partition coefficient (Wildman–Crippen LogP) is 1.78. The Hall–Kier alpha value is -1.97. The zero-order valence-electron chi connectivity index (χ0n) is 8.64. The zero-order valence-corrected chi connectivity index (χ0v) is 8.64. The molecule has 1 aromatic heterocycles. The molecule has 0 aliphatic heterocycles. The summed E-state index contributed by atoms with van der Waals surface area (Å²) in [5.41, 5.74) is 2.42. The summed E-state index contributed by atoms with van der Waals surface area (Å²) >= 11 is 0. The van der Waals surface area contributed by atoms with Gasteiger partial charge in [0.15, 0.2) is 5.78 Å². The molecule has 0 radical (unpaired) electrons. The Bertz CT molecular complexity index is 489. The average Bonchev–Trinajstić information content (AvgIpc) is 2.70. The third-order valence-electron chi connectivity index (χ3n) is 2.17. The zero-order chi connectivity index (χ0) is 10.8. The van der Waals surface area contributed by atoms with Gasteiger partial charge in [-0.1, -0.05) is 11.6 Å². The maximum Gasteiger partial charge on any atom is 0.162 e. The highest BCUT2D eigenvalue weighted by atomic mass is 16.1. The van der Waals surface area contributed by atoms with Gasteiger partial charge < -0.3 is 0 Å². The normalized spacial score (nSPS) is 10.3. The smallest absolute Gasteiger partial charge is 0.162 e. The molecular weight excluding hydrogens is 190 g/mol. The van der Waals surface area contributed by atoms with Crippen LogP contribution in [0.3, 0.4) is 0 Å². The van der Waals surface area contributed by atoms with Gasteiger partial charge in [0.1, 0.15) is 0 Å². The van der Waals surface area contributed by atoms with Crippen molar-refractivity contribution in [3.63, 3.8) is 0 Å².